The van der Waals surface area contributed by atoms with Crippen molar-refractivity contribution >= 4 is 30.3 Å². The molecule has 22 heavy (non-hydrogen) atoms. The topological polar surface area (TPSA) is 57.7 Å². The number of fused-ring (bicyclic) bond motifs is 1. The van der Waals surface area contributed by atoms with Gasteiger partial charge in [-0.1, -0.05) is 18.5 Å². The lowest BCUT2D eigenvalue weighted by Gasteiger charge is -2.19. The minimum absolute atomic E-state index is 0.427. The monoisotopic (exact) mass is 343 g/mol. The van der Waals surface area contributed by atoms with Crippen LogP contribution in [0.4, 0.5) is 0 Å². The van der Waals surface area contributed by atoms with E-state index < -0.39 is 7.82 Å². The second kappa shape index (κ2) is 6.55. The first-order valence-electron chi connectivity index (χ1n) is 6.85. The van der Waals surface area contributed by atoms with E-state index >= 15 is 0 Å². The molecule has 0 bridgehead atoms. The maximum absolute atomic E-state index is 12.3. The summed E-state index contributed by atoms with van der Waals surface area (Å²) in [6.45, 7) is 5.77. The lowest BCUT2D eigenvalue weighted by molar-refractivity contribution is 0.211. The Kier molecular flexibility index (Phi) is 5.13. The zero-order chi connectivity index (χ0) is 16.5. The Labute approximate surface area is 135 Å². The normalized spacial score (nSPS) is 11.9. The van der Waals surface area contributed by atoms with Gasteiger partial charge in [-0.2, -0.15) is 0 Å². The Hall–Kier alpha value is -1.13. The van der Waals surface area contributed by atoms with Crippen molar-refractivity contribution in [2.45, 2.75) is 27.2 Å². The summed E-state index contributed by atoms with van der Waals surface area (Å²) in [4.78, 5) is 4.63. The highest BCUT2D eigenvalue weighted by atomic mass is 35.5. The van der Waals surface area contributed by atoms with Crippen LogP contribution in [0, 0.1) is 13.8 Å². The summed E-state index contributed by atoms with van der Waals surface area (Å²) in [6, 6.07) is 3.64. The van der Waals surface area contributed by atoms with Gasteiger partial charge in [-0.25, -0.2) is 4.57 Å². The van der Waals surface area contributed by atoms with Gasteiger partial charge in [-0.3, -0.25) is 14.0 Å². The van der Waals surface area contributed by atoms with Crippen LogP contribution in [0.3, 0.4) is 0 Å². The Bertz CT molecular complexity index is 755. The molecule has 0 unspecified atom stereocenters. The molecule has 0 aliphatic rings. The van der Waals surface area contributed by atoms with Crippen molar-refractivity contribution in [2.24, 2.45) is 0 Å². The van der Waals surface area contributed by atoms with E-state index in [9.17, 15) is 4.57 Å². The lowest BCUT2D eigenvalue weighted by atomic mass is 10.1. The predicted octanol–water partition coefficient (Wildman–Crippen LogP) is 4.85. The van der Waals surface area contributed by atoms with Crippen LogP contribution in [-0.2, 0) is 20.0 Å². The van der Waals surface area contributed by atoms with E-state index in [2.05, 4.69) is 4.98 Å². The summed E-state index contributed by atoms with van der Waals surface area (Å²) in [5.74, 6) is 0.427. The van der Waals surface area contributed by atoms with Crippen LogP contribution in [-0.4, -0.2) is 19.2 Å². The molecule has 0 saturated carbocycles. The molecule has 2 rings (SSSR count). The molecule has 0 N–H and O–H groups in total. The van der Waals surface area contributed by atoms with Gasteiger partial charge < -0.3 is 4.52 Å². The minimum atomic E-state index is -3.66. The molecule has 1 aromatic heterocycles. The quantitative estimate of drug-likeness (QED) is 0.726. The Morgan fingerprint density at radius 1 is 1.23 bits per heavy atom. The first kappa shape index (κ1) is 17.2. The fourth-order valence-corrected chi connectivity index (χ4v) is 3.15. The van der Waals surface area contributed by atoms with Gasteiger partial charge >= 0.3 is 7.82 Å². The van der Waals surface area contributed by atoms with Crippen molar-refractivity contribution in [1.82, 2.24) is 4.98 Å². The van der Waals surface area contributed by atoms with Crippen LogP contribution < -0.4 is 4.52 Å². The highest BCUT2D eigenvalue weighted by molar-refractivity contribution is 7.48. The molecule has 0 aliphatic carbocycles. The molecule has 0 atom stereocenters. The molecule has 1 aromatic carbocycles. The van der Waals surface area contributed by atoms with E-state index in [-0.39, 0.29) is 0 Å². The third-order valence-corrected chi connectivity index (χ3v) is 5.24. The standard InChI is InChI=1S/C15H19ClNO4P/c1-6-13-10(3)15(21-22(18,19-4)20-5)11-8-12(16)9(2)7-14(11)17-13/h7-8H,6H2,1-5H3. The van der Waals surface area contributed by atoms with Crippen LogP contribution in [0.1, 0.15) is 23.7 Å². The maximum atomic E-state index is 12.3. The van der Waals surface area contributed by atoms with Gasteiger partial charge in [0.1, 0.15) is 5.75 Å². The number of aryl methyl sites for hydroxylation is 2. The zero-order valence-electron chi connectivity index (χ0n) is 13.3. The molecule has 2 aromatic rings. The first-order chi connectivity index (χ1) is 10.3. The van der Waals surface area contributed by atoms with E-state index in [0.29, 0.717) is 16.2 Å². The number of phosphoric acid groups is 1. The largest absolute Gasteiger partial charge is 0.529 e. The lowest BCUT2D eigenvalue weighted by Crippen LogP contribution is -2.03. The fourth-order valence-electron chi connectivity index (χ4n) is 2.23. The average Bonchev–Trinajstić information content (AvgIpc) is 2.51. The second-order valence-electron chi connectivity index (χ2n) is 4.89. The summed E-state index contributed by atoms with van der Waals surface area (Å²) < 4.78 is 27.7. The number of nitrogens with zero attached hydrogens (tertiary/aromatic N) is 1. The van der Waals surface area contributed by atoms with Gasteiger partial charge in [-0.15, -0.1) is 0 Å². The molecule has 7 heteroatoms. The summed E-state index contributed by atoms with van der Waals surface area (Å²) in [5.41, 5.74) is 3.31. The number of benzene rings is 1. The fraction of sp³-hybridized carbons (Fsp3) is 0.400. The molecule has 0 aliphatic heterocycles. The SMILES string of the molecule is CCc1nc2cc(C)c(Cl)cc2c(OP(=O)(OC)OC)c1C. The highest BCUT2D eigenvalue weighted by Gasteiger charge is 2.28. The van der Waals surface area contributed by atoms with Crippen molar-refractivity contribution in [1.29, 1.82) is 0 Å². The van der Waals surface area contributed by atoms with E-state index in [1.54, 1.807) is 6.07 Å². The molecule has 5 nitrogen and oxygen atoms in total. The predicted molar refractivity (Wildman–Crippen MR) is 87.9 cm³/mol. The molecular formula is C15H19ClNO4P. The molecule has 120 valence electrons. The number of hydrogen-bond donors (Lipinski definition) is 0. The Morgan fingerprint density at radius 2 is 1.86 bits per heavy atom. The molecule has 0 spiro atoms. The smallest absolute Gasteiger partial charge is 0.403 e. The molecule has 1 heterocycles. The zero-order valence-corrected chi connectivity index (χ0v) is 14.9. The van der Waals surface area contributed by atoms with Crippen molar-refractivity contribution in [2.75, 3.05) is 14.2 Å². The number of hydrogen-bond acceptors (Lipinski definition) is 5. The van der Waals surface area contributed by atoms with Gasteiger partial charge in [0, 0.05) is 35.9 Å². The van der Waals surface area contributed by atoms with Crippen LogP contribution in [0.5, 0.6) is 5.75 Å². The first-order valence-corrected chi connectivity index (χ1v) is 8.69. The van der Waals surface area contributed by atoms with E-state index in [1.165, 1.54) is 14.2 Å². The van der Waals surface area contributed by atoms with Crippen molar-refractivity contribution in [3.05, 3.63) is 34.0 Å². The van der Waals surface area contributed by atoms with E-state index in [1.807, 2.05) is 26.8 Å². The van der Waals surface area contributed by atoms with Gasteiger partial charge in [0.25, 0.3) is 0 Å². The van der Waals surface area contributed by atoms with Crippen molar-refractivity contribution < 1.29 is 18.1 Å². The Balaban J connectivity index is 2.76. The number of pyridine rings is 1. The van der Waals surface area contributed by atoms with Crippen LogP contribution in [0.2, 0.25) is 5.02 Å². The summed E-state index contributed by atoms with van der Waals surface area (Å²) in [6.07, 6.45) is 0.726. The van der Waals surface area contributed by atoms with E-state index in [0.717, 1.165) is 28.8 Å². The third-order valence-electron chi connectivity index (χ3n) is 3.54. The average molecular weight is 344 g/mol. The third kappa shape index (κ3) is 3.13. The maximum Gasteiger partial charge on any atom is 0.529 e. The van der Waals surface area contributed by atoms with E-state index in [4.69, 9.17) is 25.2 Å². The molecule has 0 radical (unpaired) electrons. The van der Waals surface area contributed by atoms with Gasteiger partial charge in [0.15, 0.2) is 0 Å². The highest BCUT2D eigenvalue weighted by Crippen LogP contribution is 2.50. The van der Waals surface area contributed by atoms with Gasteiger partial charge in [0.2, 0.25) is 0 Å². The second-order valence-corrected chi connectivity index (χ2v) is 7.10. The van der Waals surface area contributed by atoms with Crippen LogP contribution in [0.15, 0.2) is 12.1 Å². The molecule has 0 fully saturated rings. The molecular weight excluding hydrogens is 325 g/mol. The summed E-state index contributed by atoms with van der Waals surface area (Å²) in [7, 11) is -1.11. The molecule has 0 saturated heterocycles. The van der Waals surface area contributed by atoms with Gasteiger partial charge in [0.05, 0.1) is 5.52 Å². The number of rotatable bonds is 5. The minimum Gasteiger partial charge on any atom is -0.403 e. The number of phosphoric ester groups is 1. The van der Waals surface area contributed by atoms with Crippen LogP contribution >= 0.6 is 19.4 Å². The van der Waals surface area contributed by atoms with Crippen molar-refractivity contribution in [3.63, 3.8) is 0 Å². The summed E-state index contributed by atoms with van der Waals surface area (Å²) >= 11 is 6.21. The van der Waals surface area contributed by atoms with Gasteiger partial charge in [-0.05, 0) is 38.0 Å². The number of halogens is 1. The van der Waals surface area contributed by atoms with Crippen LogP contribution in [0.25, 0.3) is 10.9 Å². The molecule has 0 amide bonds. The summed E-state index contributed by atoms with van der Waals surface area (Å²) in [5, 5.41) is 1.27. The Morgan fingerprint density at radius 3 is 2.41 bits per heavy atom. The number of aromatic nitrogens is 1. The van der Waals surface area contributed by atoms with Crippen molar-refractivity contribution in [3.8, 4) is 5.75 Å².